The summed E-state index contributed by atoms with van der Waals surface area (Å²) in [5.74, 6) is -0.346. The number of methoxy groups -OCH3 is 1. The molecule has 1 aromatic rings. The van der Waals surface area contributed by atoms with Gasteiger partial charge in [0.1, 0.15) is 3.70 Å². The van der Waals surface area contributed by atoms with Crippen molar-refractivity contribution in [3.05, 3.63) is 15.7 Å². The van der Waals surface area contributed by atoms with Crippen molar-refractivity contribution in [1.29, 1.82) is 0 Å². The van der Waals surface area contributed by atoms with Gasteiger partial charge in [0, 0.05) is 5.54 Å². The molecule has 0 bridgehead atoms. The van der Waals surface area contributed by atoms with Crippen molar-refractivity contribution in [2.45, 2.75) is 26.3 Å². The van der Waals surface area contributed by atoms with Crippen LogP contribution in [0.5, 0.6) is 0 Å². The number of rotatable bonds is 1. The molecular formula is C9H13IN2O2. The molecule has 5 heteroatoms. The second-order valence-corrected chi connectivity index (χ2v) is 4.94. The molecule has 0 fully saturated rings. The highest BCUT2D eigenvalue weighted by molar-refractivity contribution is 14.1. The van der Waals surface area contributed by atoms with E-state index in [1.54, 1.807) is 6.33 Å². The number of imidazole rings is 1. The van der Waals surface area contributed by atoms with Crippen molar-refractivity contribution < 1.29 is 9.53 Å². The summed E-state index contributed by atoms with van der Waals surface area (Å²) < 4.78 is 7.20. The van der Waals surface area contributed by atoms with E-state index in [0.717, 1.165) is 0 Å². The first-order valence-corrected chi connectivity index (χ1v) is 5.27. The number of hydrogen-bond acceptors (Lipinski definition) is 3. The van der Waals surface area contributed by atoms with Gasteiger partial charge in [0.05, 0.1) is 13.4 Å². The van der Waals surface area contributed by atoms with Gasteiger partial charge in [-0.05, 0) is 43.4 Å². The van der Waals surface area contributed by atoms with E-state index in [1.807, 2.05) is 47.9 Å². The van der Waals surface area contributed by atoms with Crippen LogP contribution >= 0.6 is 22.6 Å². The molecule has 78 valence electrons. The summed E-state index contributed by atoms with van der Waals surface area (Å²) in [7, 11) is 1.37. The molecule has 4 nitrogen and oxygen atoms in total. The first-order chi connectivity index (χ1) is 6.38. The highest BCUT2D eigenvalue weighted by atomic mass is 127. The molecule has 14 heavy (non-hydrogen) atoms. The second-order valence-electron chi connectivity index (χ2n) is 3.92. The third-order valence-electron chi connectivity index (χ3n) is 1.82. The van der Waals surface area contributed by atoms with Crippen LogP contribution < -0.4 is 0 Å². The van der Waals surface area contributed by atoms with Gasteiger partial charge in [0.15, 0.2) is 5.69 Å². The Morgan fingerprint density at radius 1 is 1.57 bits per heavy atom. The minimum absolute atomic E-state index is 0.167. The van der Waals surface area contributed by atoms with Crippen LogP contribution in [0, 0.1) is 3.70 Å². The Hall–Kier alpha value is -0.590. The lowest BCUT2D eigenvalue weighted by molar-refractivity contribution is 0.0580. The monoisotopic (exact) mass is 308 g/mol. The maximum Gasteiger partial charge on any atom is 0.357 e. The summed E-state index contributed by atoms with van der Waals surface area (Å²) in [5, 5.41) is 0. The average Bonchev–Trinajstić information content (AvgIpc) is 2.45. The van der Waals surface area contributed by atoms with Crippen LogP contribution in [-0.2, 0) is 10.3 Å². The van der Waals surface area contributed by atoms with Crippen molar-refractivity contribution in [3.8, 4) is 0 Å². The first-order valence-electron chi connectivity index (χ1n) is 4.19. The highest BCUT2D eigenvalue weighted by Gasteiger charge is 2.24. The Bertz CT molecular complexity index is 352. The lowest BCUT2D eigenvalue weighted by Gasteiger charge is -2.22. The minimum Gasteiger partial charge on any atom is -0.464 e. The van der Waals surface area contributed by atoms with Crippen molar-refractivity contribution in [3.63, 3.8) is 0 Å². The topological polar surface area (TPSA) is 44.1 Å². The van der Waals surface area contributed by atoms with E-state index in [9.17, 15) is 4.79 Å². The van der Waals surface area contributed by atoms with Crippen LogP contribution in [0.15, 0.2) is 6.33 Å². The normalized spacial score (nSPS) is 11.5. The predicted molar refractivity (Wildman–Crippen MR) is 61.3 cm³/mol. The van der Waals surface area contributed by atoms with Gasteiger partial charge < -0.3 is 9.30 Å². The number of nitrogens with zero attached hydrogens (tertiary/aromatic N) is 2. The Kier molecular flexibility index (Phi) is 3.18. The van der Waals surface area contributed by atoms with Gasteiger partial charge in [-0.3, -0.25) is 0 Å². The van der Waals surface area contributed by atoms with Gasteiger partial charge in [0.2, 0.25) is 0 Å². The summed E-state index contributed by atoms with van der Waals surface area (Å²) in [4.78, 5) is 15.6. The fraction of sp³-hybridized carbons (Fsp3) is 0.556. The molecule has 0 aliphatic heterocycles. The molecular weight excluding hydrogens is 295 g/mol. The molecule has 0 atom stereocenters. The number of ether oxygens (including phenoxy) is 1. The number of carbonyl (C=O) groups is 1. The van der Waals surface area contributed by atoms with Crippen molar-refractivity contribution in [1.82, 2.24) is 9.55 Å². The quantitative estimate of drug-likeness (QED) is 0.589. The molecule has 0 unspecified atom stereocenters. The zero-order valence-electron chi connectivity index (χ0n) is 8.67. The molecule has 0 spiro atoms. The first kappa shape index (κ1) is 11.5. The van der Waals surface area contributed by atoms with Crippen LogP contribution in [0.25, 0.3) is 0 Å². The van der Waals surface area contributed by atoms with E-state index in [2.05, 4.69) is 4.98 Å². The summed E-state index contributed by atoms with van der Waals surface area (Å²) in [6.45, 7) is 6.03. The molecule has 0 radical (unpaired) electrons. The van der Waals surface area contributed by atoms with E-state index in [-0.39, 0.29) is 11.5 Å². The molecule has 1 aromatic heterocycles. The largest absolute Gasteiger partial charge is 0.464 e. The van der Waals surface area contributed by atoms with Gasteiger partial charge in [-0.15, -0.1) is 0 Å². The predicted octanol–water partition coefficient (Wildman–Crippen LogP) is 2.03. The van der Waals surface area contributed by atoms with Gasteiger partial charge in [0.25, 0.3) is 0 Å². The SMILES string of the molecule is COC(=O)c1c(I)ncn1C(C)(C)C. The average molecular weight is 308 g/mol. The fourth-order valence-corrected chi connectivity index (χ4v) is 1.72. The summed E-state index contributed by atoms with van der Waals surface area (Å²) >= 11 is 2.03. The lowest BCUT2D eigenvalue weighted by atomic mass is 10.1. The molecule has 1 heterocycles. The molecule has 0 saturated carbocycles. The number of aromatic nitrogens is 2. The van der Waals surface area contributed by atoms with Crippen LogP contribution in [0.1, 0.15) is 31.3 Å². The number of carbonyl (C=O) groups excluding carboxylic acids is 1. The van der Waals surface area contributed by atoms with E-state index in [1.165, 1.54) is 7.11 Å². The number of halogens is 1. The molecule has 0 amide bonds. The Morgan fingerprint density at radius 2 is 2.14 bits per heavy atom. The highest BCUT2D eigenvalue weighted by Crippen LogP contribution is 2.20. The third kappa shape index (κ3) is 2.08. The Morgan fingerprint density at radius 3 is 2.57 bits per heavy atom. The van der Waals surface area contributed by atoms with Crippen LogP contribution in [-0.4, -0.2) is 22.6 Å². The molecule has 0 aliphatic carbocycles. The standard InChI is InChI=1S/C9H13IN2O2/c1-9(2,3)12-5-11-7(10)6(12)8(13)14-4/h5H,1-4H3. The summed E-state index contributed by atoms with van der Waals surface area (Å²) in [5.41, 5.74) is 0.348. The Labute approximate surface area is 96.8 Å². The molecule has 0 saturated heterocycles. The fourth-order valence-electron chi connectivity index (χ4n) is 1.11. The van der Waals surface area contributed by atoms with E-state index in [4.69, 9.17) is 4.74 Å². The van der Waals surface area contributed by atoms with Crippen LogP contribution in [0.2, 0.25) is 0 Å². The van der Waals surface area contributed by atoms with Crippen LogP contribution in [0.3, 0.4) is 0 Å². The summed E-state index contributed by atoms with van der Waals surface area (Å²) in [6.07, 6.45) is 1.66. The second kappa shape index (κ2) is 3.88. The minimum atomic E-state index is -0.346. The maximum absolute atomic E-state index is 11.5. The van der Waals surface area contributed by atoms with Crippen LogP contribution in [0.4, 0.5) is 0 Å². The van der Waals surface area contributed by atoms with Crippen molar-refractivity contribution in [2.75, 3.05) is 7.11 Å². The van der Waals surface area contributed by atoms with Gasteiger partial charge in [-0.1, -0.05) is 0 Å². The van der Waals surface area contributed by atoms with Gasteiger partial charge >= 0.3 is 5.97 Å². The van der Waals surface area contributed by atoms with E-state index in [0.29, 0.717) is 9.39 Å². The zero-order chi connectivity index (χ0) is 10.9. The Balaban J connectivity index is 3.26. The van der Waals surface area contributed by atoms with Crippen molar-refractivity contribution >= 4 is 28.6 Å². The smallest absolute Gasteiger partial charge is 0.357 e. The summed E-state index contributed by atoms with van der Waals surface area (Å²) in [6, 6.07) is 0. The van der Waals surface area contributed by atoms with E-state index < -0.39 is 0 Å². The molecule has 0 aromatic carbocycles. The van der Waals surface area contributed by atoms with Gasteiger partial charge in [-0.2, -0.15) is 0 Å². The van der Waals surface area contributed by atoms with E-state index >= 15 is 0 Å². The zero-order valence-corrected chi connectivity index (χ0v) is 10.8. The number of esters is 1. The van der Waals surface area contributed by atoms with Gasteiger partial charge in [-0.25, -0.2) is 9.78 Å². The lowest BCUT2D eigenvalue weighted by Crippen LogP contribution is -2.25. The van der Waals surface area contributed by atoms with Crippen molar-refractivity contribution in [2.24, 2.45) is 0 Å². The molecule has 0 N–H and O–H groups in total. The molecule has 0 aliphatic rings. The maximum atomic E-state index is 11.5. The molecule has 1 rings (SSSR count). The number of hydrogen-bond donors (Lipinski definition) is 0. The third-order valence-corrected chi connectivity index (χ3v) is 2.61.